The van der Waals surface area contributed by atoms with Crippen LogP contribution in [0.3, 0.4) is 0 Å². The molecule has 0 saturated carbocycles. The smallest absolute Gasteiger partial charge is 0.237 e. The van der Waals surface area contributed by atoms with Gasteiger partial charge in [-0.2, -0.15) is 5.26 Å². The highest BCUT2D eigenvalue weighted by molar-refractivity contribution is 8.00. The van der Waals surface area contributed by atoms with Gasteiger partial charge in [0.2, 0.25) is 5.91 Å². The molecule has 1 aromatic carbocycles. The second-order valence-electron chi connectivity index (χ2n) is 7.45. The van der Waals surface area contributed by atoms with E-state index in [0.717, 1.165) is 35.4 Å². The summed E-state index contributed by atoms with van der Waals surface area (Å²) in [6.07, 6.45) is 6.28. The van der Waals surface area contributed by atoms with Gasteiger partial charge in [-0.25, -0.2) is 4.98 Å². The SMILES string of the molecule is C[C@@H](Sc1nc2c(cc1C#N)CCC2)C(=O)Nc1ccc(C(=O)/C=C/c2cccs2)cc1. The minimum atomic E-state index is -0.427. The quantitative estimate of drug-likeness (QED) is 0.286. The molecule has 0 radical (unpaired) electrons. The number of allylic oxidation sites excluding steroid dienone is 1. The zero-order valence-electron chi connectivity index (χ0n) is 17.5. The van der Waals surface area contributed by atoms with Gasteiger partial charge < -0.3 is 5.32 Å². The first kappa shape index (κ1) is 22.0. The Labute approximate surface area is 195 Å². The average Bonchev–Trinajstić information content (AvgIpc) is 3.49. The summed E-state index contributed by atoms with van der Waals surface area (Å²) >= 11 is 2.86. The Hall–Kier alpha value is -3.21. The van der Waals surface area contributed by atoms with Crippen molar-refractivity contribution >= 4 is 46.6 Å². The maximum atomic E-state index is 12.7. The van der Waals surface area contributed by atoms with Gasteiger partial charge >= 0.3 is 0 Å². The monoisotopic (exact) mass is 459 g/mol. The van der Waals surface area contributed by atoms with E-state index in [1.807, 2.05) is 23.6 Å². The number of carbonyl (C=O) groups is 2. The molecule has 1 atom stereocenters. The van der Waals surface area contributed by atoms with Gasteiger partial charge in [0, 0.05) is 21.8 Å². The number of hydrogen-bond donors (Lipinski definition) is 1. The minimum Gasteiger partial charge on any atom is -0.325 e. The first-order chi connectivity index (χ1) is 15.5. The van der Waals surface area contributed by atoms with Crippen LogP contribution in [0.25, 0.3) is 6.08 Å². The van der Waals surface area contributed by atoms with Crippen molar-refractivity contribution in [2.45, 2.75) is 36.5 Å². The van der Waals surface area contributed by atoms with Gasteiger partial charge in [0.05, 0.1) is 10.8 Å². The molecule has 1 N–H and O–H groups in total. The summed E-state index contributed by atoms with van der Waals surface area (Å²) in [5.74, 6) is -0.273. The number of ketones is 1. The summed E-state index contributed by atoms with van der Waals surface area (Å²) in [5, 5.41) is 14.5. The zero-order valence-corrected chi connectivity index (χ0v) is 19.1. The molecule has 0 bridgehead atoms. The fourth-order valence-corrected chi connectivity index (χ4v) is 4.96. The Morgan fingerprint density at radius 3 is 2.78 bits per heavy atom. The predicted molar refractivity (Wildman–Crippen MR) is 129 cm³/mol. The van der Waals surface area contributed by atoms with Crippen molar-refractivity contribution in [3.63, 3.8) is 0 Å². The van der Waals surface area contributed by atoms with Gasteiger partial charge in [0.15, 0.2) is 5.78 Å². The number of benzene rings is 1. The van der Waals surface area contributed by atoms with Gasteiger partial charge in [-0.3, -0.25) is 9.59 Å². The largest absolute Gasteiger partial charge is 0.325 e. The molecule has 32 heavy (non-hydrogen) atoms. The second kappa shape index (κ2) is 9.94. The molecule has 1 aliphatic rings. The second-order valence-corrected chi connectivity index (χ2v) is 9.76. The standard InChI is InChI=1S/C25H21N3O2S2/c1-16(32-25-19(15-26)14-18-4-2-6-22(18)28-25)24(30)27-20-9-7-17(8-10-20)23(29)12-11-21-5-3-13-31-21/h3,5,7-14,16H,2,4,6H2,1H3,(H,27,30)/b12-11+/t16-/m1/s1. The lowest BCUT2D eigenvalue weighted by Gasteiger charge is -2.13. The van der Waals surface area contributed by atoms with Crippen LogP contribution >= 0.6 is 23.1 Å². The molecule has 0 spiro atoms. The number of amides is 1. The van der Waals surface area contributed by atoms with Crippen molar-refractivity contribution in [1.29, 1.82) is 5.26 Å². The lowest BCUT2D eigenvalue weighted by molar-refractivity contribution is -0.115. The highest BCUT2D eigenvalue weighted by atomic mass is 32.2. The van der Waals surface area contributed by atoms with Crippen LogP contribution in [0, 0.1) is 11.3 Å². The van der Waals surface area contributed by atoms with Crippen LogP contribution in [0.1, 0.15) is 45.4 Å². The molecule has 0 saturated heterocycles. The van der Waals surface area contributed by atoms with Crippen LogP contribution in [0.4, 0.5) is 5.69 Å². The Kier molecular flexibility index (Phi) is 6.84. The molecule has 4 rings (SSSR count). The van der Waals surface area contributed by atoms with Crippen molar-refractivity contribution in [3.05, 3.63) is 81.2 Å². The van der Waals surface area contributed by atoms with Crippen LogP contribution in [0.2, 0.25) is 0 Å². The minimum absolute atomic E-state index is 0.0908. The van der Waals surface area contributed by atoms with Gasteiger partial charge in [-0.1, -0.05) is 17.8 Å². The van der Waals surface area contributed by atoms with Crippen LogP contribution in [-0.4, -0.2) is 21.9 Å². The summed E-state index contributed by atoms with van der Waals surface area (Å²) in [5.41, 5.74) is 3.87. The third-order valence-corrected chi connectivity index (χ3v) is 7.11. The molecule has 0 aliphatic heterocycles. The van der Waals surface area contributed by atoms with Gasteiger partial charge in [0.25, 0.3) is 0 Å². The number of nitriles is 1. The number of pyridine rings is 1. The van der Waals surface area contributed by atoms with Crippen molar-refractivity contribution in [3.8, 4) is 6.07 Å². The lowest BCUT2D eigenvalue weighted by Crippen LogP contribution is -2.22. The first-order valence-electron chi connectivity index (χ1n) is 10.3. The van der Waals surface area contributed by atoms with Gasteiger partial charge in [0.1, 0.15) is 11.1 Å². The first-order valence-corrected chi connectivity index (χ1v) is 12.1. The molecule has 2 heterocycles. The van der Waals surface area contributed by atoms with Gasteiger partial charge in [-0.15, -0.1) is 11.3 Å². The third kappa shape index (κ3) is 5.16. The Morgan fingerprint density at radius 2 is 2.06 bits per heavy atom. The van der Waals surface area contributed by atoms with Crippen LogP contribution in [0.15, 0.2) is 58.9 Å². The Morgan fingerprint density at radius 1 is 1.25 bits per heavy atom. The van der Waals surface area contributed by atoms with E-state index in [2.05, 4.69) is 16.4 Å². The third-order valence-electron chi connectivity index (χ3n) is 5.17. The summed E-state index contributed by atoms with van der Waals surface area (Å²) in [7, 11) is 0. The highest BCUT2D eigenvalue weighted by Gasteiger charge is 2.21. The Balaban J connectivity index is 1.37. The number of carbonyl (C=O) groups excluding carboxylic acids is 2. The van der Waals surface area contributed by atoms with E-state index in [4.69, 9.17) is 0 Å². The van der Waals surface area contributed by atoms with Crippen LogP contribution in [0.5, 0.6) is 0 Å². The summed E-state index contributed by atoms with van der Waals surface area (Å²) in [6, 6.07) is 14.8. The molecule has 7 heteroatoms. The summed E-state index contributed by atoms with van der Waals surface area (Å²) < 4.78 is 0. The van der Waals surface area contributed by atoms with Crippen LogP contribution in [-0.2, 0) is 17.6 Å². The van der Waals surface area contributed by atoms with E-state index in [0.29, 0.717) is 21.8 Å². The maximum Gasteiger partial charge on any atom is 0.237 e. The van der Waals surface area contributed by atoms with E-state index in [1.165, 1.54) is 11.8 Å². The van der Waals surface area contributed by atoms with E-state index in [-0.39, 0.29) is 11.7 Å². The molecule has 1 aliphatic carbocycles. The molecule has 2 aromatic heterocycles. The molecular formula is C25H21N3O2S2. The van der Waals surface area contributed by atoms with E-state index >= 15 is 0 Å². The number of aromatic nitrogens is 1. The molecule has 0 unspecified atom stereocenters. The number of thiophene rings is 1. The van der Waals surface area contributed by atoms with E-state index < -0.39 is 5.25 Å². The van der Waals surface area contributed by atoms with Crippen molar-refractivity contribution < 1.29 is 9.59 Å². The molecule has 3 aromatic rings. The Bertz CT molecular complexity index is 1210. The van der Waals surface area contributed by atoms with Crippen LogP contribution < -0.4 is 5.32 Å². The fourth-order valence-electron chi connectivity index (χ4n) is 3.45. The van der Waals surface area contributed by atoms with Crippen molar-refractivity contribution in [1.82, 2.24) is 4.98 Å². The van der Waals surface area contributed by atoms with Gasteiger partial charge in [-0.05, 0) is 85.7 Å². The number of fused-ring (bicyclic) bond motifs is 1. The molecular weight excluding hydrogens is 438 g/mol. The number of anilines is 1. The van der Waals surface area contributed by atoms with E-state index in [9.17, 15) is 14.9 Å². The molecule has 1 amide bonds. The summed E-state index contributed by atoms with van der Waals surface area (Å²) in [6.45, 7) is 1.79. The summed E-state index contributed by atoms with van der Waals surface area (Å²) in [4.78, 5) is 30.7. The molecule has 5 nitrogen and oxygen atoms in total. The lowest BCUT2D eigenvalue weighted by atomic mass is 10.1. The normalized spacial score (nSPS) is 13.5. The number of hydrogen-bond acceptors (Lipinski definition) is 6. The number of nitrogens with zero attached hydrogens (tertiary/aromatic N) is 2. The molecule has 0 fully saturated rings. The van der Waals surface area contributed by atoms with Crippen molar-refractivity contribution in [2.24, 2.45) is 0 Å². The predicted octanol–water partition coefficient (Wildman–Crippen LogP) is 5.52. The van der Waals surface area contributed by atoms with Crippen molar-refractivity contribution in [2.75, 3.05) is 5.32 Å². The number of aryl methyl sites for hydroxylation is 2. The van der Waals surface area contributed by atoms with E-state index in [1.54, 1.807) is 54.7 Å². The topological polar surface area (TPSA) is 82.8 Å². The fraction of sp³-hybridized carbons (Fsp3) is 0.200. The zero-order chi connectivity index (χ0) is 22.5. The number of nitrogens with one attached hydrogen (secondary N) is 1. The molecule has 160 valence electrons. The number of thioether (sulfide) groups is 1. The average molecular weight is 460 g/mol. The highest BCUT2D eigenvalue weighted by Crippen LogP contribution is 2.30. The number of rotatable bonds is 7. The maximum absolute atomic E-state index is 12.7.